The molecule has 0 aromatic carbocycles. The SMILES string of the molecule is O=C1NCCc2c1[nH]c1c2CCC=C1. The molecule has 0 saturated carbocycles. The lowest BCUT2D eigenvalue weighted by Crippen LogP contribution is -2.31. The van der Waals surface area contributed by atoms with Gasteiger partial charge in [-0.1, -0.05) is 6.08 Å². The Balaban J connectivity index is 2.21. The van der Waals surface area contributed by atoms with Crippen LogP contribution in [0.25, 0.3) is 6.08 Å². The van der Waals surface area contributed by atoms with Crippen LogP contribution in [0.1, 0.15) is 33.7 Å². The number of H-pyrrole nitrogens is 1. The predicted octanol–water partition coefficient (Wildman–Crippen LogP) is 1.26. The number of carbonyl (C=O) groups is 1. The molecule has 2 N–H and O–H groups in total. The summed E-state index contributed by atoms with van der Waals surface area (Å²) in [6.07, 6.45) is 7.39. The molecule has 1 aliphatic heterocycles. The number of rotatable bonds is 0. The van der Waals surface area contributed by atoms with Gasteiger partial charge in [0.1, 0.15) is 5.69 Å². The Hall–Kier alpha value is -1.51. The lowest BCUT2D eigenvalue weighted by atomic mass is 9.96. The zero-order valence-electron chi connectivity index (χ0n) is 7.89. The number of allylic oxidation sites excluding steroid dienone is 1. The zero-order chi connectivity index (χ0) is 9.54. The molecule has 0 unspecified atom stereocenters. The first-order valence-corrected chi connectivity index (χ1v) is 5.05. The minimum atomic E-state index is 0.0500. The third-order valence-electron chi connectivity index (χ3n) is 2.98. The van der Waals surface area contributed by atoms with Gasteiger partial charge in [-0.3, -0.25) is 4.79 Å². The molecule has 3 heteroatoms. The summed E-state index contributed by atoms with van der Waals surface area (Å²) in [6.45, 7) is 0.778. The minimum Gasteiger partial charge on any atom is -0.351 e. The van der Waals surface area contributed by atoms with Crippen LogP contribution in [0.2, 0.25) is 0 Å². The fourth-order valence-electron chi connectivity index (χ4n) is 2.31. The Morgan fingerprint density at radius 2 is 2.14 bits per heavy atom. The van der Waals surface area contributed by atoms with Crippen LogP contribution in [0, 0.1) is 0 Å². The molecule has 1 aliphatic carbocycles. The summed E-state index contributed by atoms with van der Waals surface area (Å²) in [5, 5.41) is 2.85. The van der Waals surface area contributed by atoms with Gasteiger partial charge in [0.05, 0.1) is 0 Å². The molecule has 0 spiro atoms. The zero-order valence-corrected chi connectivity index (χ0v) is 7.89. The van der Waals surface area contributed by atoms with Crippen molar-refractivity contribution in [2.75, 3.05) is 6.54 Å². The summed E-state index contributed by atoms with van der Waals surface area (Å²) >= 11 is 0. The first-order valence-electron chi connectivity index (χ1n) is 5.05. The van der Waals surface area contributed by atoms with Crippen molar-refractivity contribution in [2.45, 2.75) is 19.3 Å². The number of hydrogen-bond acceptors (Lipinski definition) is 1. The summed E-state index contributed by atoms with van der Waals surface area (Å²) in [4.78, 5) is 14.7. The molecule has 0 saturated heterocycles. The fraction of sp³-hybridized carbons (Fsp3) is 0.364. The highest BCUT2D eigenvalue weighted by Crippen LogP contribution is 2.27. The van der Waals surface area contributed by atoms with Crippen molar-refractivity contribution < 1.29 is 4.79 Å². The average Bonchev–Trinajstić information content (AvgIpc) is 2.59. The van der Waals surface area contributed by atoms with E-state index in [1.807, 2.05) is 0 Å². The number of carbonyl (C=O) groups excluding carboxylic acids is 1. The first kappa shape index (κ1) is 7.85. The van der Waals surface area contributed by atoms with Crippen LogP contribution in [0.15, 0.2) is 6.08 Å². The maximum Gasteiger partial charge on any atom is 0.268 e. The van der Waals surface area contributed by atoms with Gasteiger partial charge in [0.15, 0.2) is 0 Å². The Labute approximate surface area is 82.2 Å². The molecule has 14 heavy (non-hydrogen) atoms. The largest absolute Gasteiger partial charge is 0.351 e. The summed E-state index contributed by atoms with van der Waals surface area (Å²) in [5.74, 6) is 0.0500. The molecule has 2 heterocycles. The number of hydrogen-bond donors (Lipinski definition) is 2. The van der Waals surface area contributed by atoms with Gasteiger partial charge in [-0.2, -0.15) is 0 Å². The molecule has 3 rings (SSSR count). The third kappa shape index (κ3) is 0.953. The smallest absolute Gasteiger partial charge is 0.268 e. The molecule has 1 amide bonds. The van der Waals surface area contributed by atoms with Gasteiger partial charge in [-0.25, -0.2) is 0 Å². The van der Waals surface area contributed by atoms with E-state index in [4.69, 9.17) is 0 Å². The fourth-order valence-corrected chi connectivity index (χ4v) is 2.31. The second-order valence-electron chi connectivity index (χ2n) is 3.82. The van der Waals surface area contributed by atoms with Crippen LogP contribution in [0.4, 0.5) is 0 Å². The van der Waals surface area contributed by atoms with Crippen molar-refractivity contribution in [3.8, 4) is 0 Å². The van der Waals surface area contributed by atoms with E-state index < -0.39 is 0 Å². The van der Waals surface area contributed by atoms with E-state index in [0.29, 0.717) is 0 Å². The van der Waals surface area contributed by atoms with Gasteiger partial charge in [0, 0.05) is 12.2 Å². The number of fused-ring (bicyclic) bond motifs is 3. The highest BCUT2D eigenvalue weighted by molar-refractivity contribution is 5.96. The van der Waals surface area contributed by atoms with Crippen LogP contribution >= 0.6 is 0 Å². The molecule has 1 aromatic heterocycles. The summed E-state index contributed by atoms with van der Waals surface area (Å²) in [5.41, 5.74) is 4.52. The molecular weight excluding hydrogens is 176 g/mol. The topological polar surface area (TPSA) is 44.9 Å². The number of amides is 1. The molecule has 2 aliphatic rings. The molecule has 72 valence electrons. The lowest BCUT2D eigenvalue weighted by Gasteiger charge is -2.14. The van der Waals surface area contributed by atoms with Gasteiger partial charge in [0.2, 0.25) is 0 Å². The Kier molecular flexibility index (Phi) is 1.54. The van der Waals surface area contributed by atoms with Gasteiger partial charge >= 0.3 is 0 Å². The van der Waals surface area contributed by atoms with Gasteiger partial charge in [0.25, 0.3) is 5.91 Å². The van der Waals surface area contributed by atoms with E-state index in [1.54, 1.807) is 0 Å². The molecule has 0 fully saturated rings. The lowest BCUT2D eigenvalue weighted by molar-refractivity contribution is 0.0941. The molecule has 0 radical (unpaired) electrons. The highest BCUT2D eigenvalue weighted by Gasteiger charge is 2.24. The second kappa shape index (κ2) is 2.74. The summed E-state index contributed by atoms with van der Waals surface area (Å²) < 4.78 is 0. The van der Waals surface area contributed by atoms with E-state index in [1.165, 1.54) is 11.1 Å². The first-order chi connectivity index (χ1) is 6.86. The van der Waals surface area contributed by atoms with Crippen molar-refractivity contribution in [1.82, 2.24) is 10.3 Å². The van der Waals surface area contributed by atoms with Crippen molar-refractivity contribution in [3.05, 3.63) is 28.6 Å². The molecular formula is C11H12N2O. The quantitative estimate of drug-likeness (QED) is 0.632. The molecule has 0 bridgehead atoms. The van der Waals surface area contributed by atoms with Crippen molar-refractivity contribution in [2.24, 2.45) is 0 Å². The molecule has 3 nitrogen and oxygen atoms in total. The van der Waals surface area contributed by atoms with E-state index in [9.17, 15) is 4.79 Å². The van der Waals surface area contributed by atoms with Crippen LogP contribution in [-0.2, 0) is 12.8 Å². The Morgan fingerprint density at radius 1 is 1.21 bits per heavy atom. The van der Waals surface area contributed by atoms with Crippen LogP contribution in [0.3, 0.4) is 0 Å². The van der Waals surface area contributed by atoms with Crippen LogP contribution < -0.4 is 5.32 Å². The minimum absolute atomic E-state index is 0.0500. The Bertz CT molecular complexity index is 429. The van der Waals surface area contributed by atoms with Crippen molar-refractivity contribution in [1.29, 1.82) is 0 Å². The van der Waals surface area contributed by atoms with Gasteiger partial charge in [-0.15, -0.1) is 0 Å². The van der Waals surface area contributed by atoms with E-state index in [0.717, 1.165) is 37.2 Å². The summed E-state index contributed by atoms with van der Waals surface area (Å²) in [6, 6.07) is 0. The second-order valence-corrected chi connectivity index (χ2v) is 3.82. The molecule has 1 aromatic rings. The maximum absolute atomic E-state index is 11.5. The monoisotopic (exact) mass is 188 g/mol. The van der Waals surface area contributed by atoms with Crippen molar-refractivity contribution in [3.63, 3.8) is 0 Å². The third-order valence-corrected chi connectivity index (χ3v) is 2.98. The number of aromatic amines is 1. The standard InChI is InChI=1S/C11H12N2O/c14-11-10-8(5-6-12-11)7-3-1-2-4-9(7)13-10/h2,4,13H,1,3,5-6H2,(H,12,14). The average molecular weight is 188 g/mol. The van der Waals surface area contributed by atoms with E-state index in [2.05, 4.69) is 22.5 Å². The maximum atomic E-state index is 11.5. The van der Waals surface area contributed by atoms with Crippen molar-refractivity contribution >= 4 is 12.0 Å². The predicted molar refractivity (Wildman–Crippen MR) is 54.2 cm³/mol. The highest BCUT2D eigenvalue weighted by atomic mass is 16.1. The number of aromatic nitrogens is 1. The Morgan fingerprint density at radius 3 is 3.07 bits per heavy atom. The summed E-state index contributed by atoms with van der Waals surface area (Å²) in [7, 11) is 0. The number of nitrogens with one attached hydrogen (secondary N) is 2. The van der Waals surface area contributed by atoms with E-state index >= 15 is 0 Å². The van der Waals surface area contributed by atoms with Gasteiger partial charge < -0.3 is 10.3 Å². The van der Waals surface area contributed by atoms with Crippen LogP contribution in [0.5, 0.6) is 0 Å². The van der Waals surface area contributed by atoms with Crippen LogP contribution in [-0.4, -0.2) is 17.4 Å². The molecule has 0 atom stereocenters. The van der Waals surface area contributed by atoms with Gasteiger partial charge in [-0.05, 0) is 36.5 Å². The van der Waals surface area contributed by atoms with E-state index in [-0.39, 0.29) is 5.91 Å². The normalized spacial score (nSPS) is 18.7.